The maximum Gasteiger partial charge on any atom is 0.299 e. The first kappa shape index (κ1) is 11.7. The lowest BCUT2D eigenvalue weighted by Gasteiger charge is -2.05. The second-order valence-corrected chi connectivity index (χ2v) is 2.97. The molecule has 0 spiro atoms. The number of rotatable bonds is 4. The molecular formula is C8H9N7O3. The van der Waals surface area contributed by atoms with Gasteiger partial charge in [-0.1, -0.05) is 0 Å². The number of aromatic nitrogens is 6. The molecule has 94 valence electrons. The predicted octanol–water partition coefficient (Wildman–Crippen LogP) is -0.741. The average Bonchev–Trinajstić information content (AvgIpc) is 2.92. The van der Waals surface area contributed by atoms with E-state index < -0.39 is 5.91 Å². The minimum absolute atomic E-state index is 0.0148. The van der Waals surface area contributed by atoms with Crippen LogP contribution >= 0.6 is 0 Å². The fraction of sp³-hybridized carbons (Fsp3) is 0.250. The standard InChI is InChI=1S/C8H9N7O3/c1-17-4-3-5(18-2)10-8(9-4)11-7(16)6-12-14-15-13-6/h3H,1-2H3,(H,9,10,11,16)(H,12,13,14,15). The van der Waals surface area contributed by atoms with Crippen LogP contribution in [-0.2, 0) is 0 Å². The smallest absolute Gasteiger partial charge is 0.299 e. The molecule has 0 bridgehead atoms. The summed E-state index contributed by atoms with van der Waals surface area (Å²) < 4.78 is 9.87. The fourth-order valence-electron chi connectivity index (χ4n) is 1.08. The van der Waals surface area contributed by atoms with E-state index in [4.69, 9.17) is 9.47 Å². The van der Waals surface area contributed by atoms with Crippen molar-refractivity contribution in [1.82, 2.24) is 30.6 Å². The summed E-state index contributed by atoms with van der Waals surface area (Å²) in [4.78, 5) is 19.5. The van der Waals surface area contributed by atoms with E-state index in [1.807, 2.05) is 0 Å². The summed E-state index contributed by atoms with van der Waals surface area (Å²) in [6.07, 6.45) is 0. The number of anilines is 1. The van der Waals surface area contributed by atoms with Gasteiger partial charge in [0.2, 0.25) is 17.7 Å². The van der Waals surface area contributed by atoms with Gasteiger partial charge in [0.1, 0.15) is 0 Å². The number of methoxy groups -OCH3 is 2. The molecule has 18 heavy (non-hydrogen) atoms. The van der Waals surface area contributed by atoms with Crippen LogP contribution in [0, 0.1) is 0 Å². The molecule has 10 nitrogen and oxygen atoms in total. The van der Waals surface area contributed by atoms with Gasteiger partial charge in [-0.25, -0.2) is 0 Å². The summed E-state index contributed by atoms with van der Waals surface area (Å²) in [7, 11) is 2.87. The third kappa shape index (κ3) is 2.48. The van der Waals surface area contributed by atoms with Crippen molar-refractivity contribution in [2.45, 2.75) is 0 Å². The number of H-pyrrole nitrogens is 1. The maximum absolute atomic E-state index is 11.6. The van der Waals surface area contributed by atoms with E-state index in [1.165, 1.54) is 20.3 Å². The number of nitrogens with one attached hydrogen (secondary N) is 2. The van der Waals surface area contributed by atoms with Gasteiger partial charge in [0.05, 0.1) is 20.3 Å². The summed E-state index contributed by atoms with van der Waals surface area (Å²) in [6.45, 7) is 0. The highest BCUT2D eigenvalue weighted by Gasteiger charge is 2.14. The maximum atomic E-state index is 11.6. The van der Waals surface area contributed by atoms with E-state index in [2.05, 4.69) is 35.9 Å². The lowest BCUT2D eigenvalue weighted by molar-refractivity contribution is 0.101. The van der Waals surface area contributed by atoms with Crippen molar-refractivity contribution in [2.75, 3.05) is 19.5 Å². The second-order valence-electron chi connectivity index (χ2n) is 2.97. The number of carbonyl (C=O) groups excluding carboxylic acids is 1. The van der Waals surface area contributed by atoms with E-state index in [0.29, 0.717) is 0 Å². The van der Waals surface area contributed by atoms with Crippen LogP contribution in [0.4, 0.5) is 5.95 Å². The topological polar surface area (TPSA) is 128 Å². The lowest BCUT2D eigenvalue weighted by Crippen LogP contribution is -2.16. The third-order valence-electron chi connectivity index (χ3n) is 1.87. The van der Waals surface area contributed by atoms with Crippen LogP contribution in [0.2, 0.25) is 0 Å². The van der Waals surface area contributed by atoms with Crippen LogP contribution in [-0.4, -0.2) is 50.7 Å². The molecule has 1 amide bonds. The number of nitrogens with zero attached hydrogens (tertiary/aromatic N) is 5. The zero-order valence-corrected chi connectivity index (χ0v) is 9.54. The van der Waals surface area contributed by atoms with Crippen molar-refractivity contribution in [2.24, 2.45) is 0 Å². The highest BCUT2D eigenvalue weighted by atomic mass is 16.5. The summed E-state index contributed by atoms with van der Waals surface area (Å²) in [5.74, 6) is -0.198. The van der Waals surface area contributed by atoms with E-state index in [-0.39, 0.29) is 23.5 Å². The molecule has 2 aromatic heterocycles. The van der Waals surface area contributed by atoms with Gasteiger partial charge < -0.3 is 9.47 Å². The molecule has 2 N–H and O–H groups in total. The molecule has 0 atom stereocenters. The SMILES string of the molecule is COc1cc(OC)nc(NC(=O)c2nn[nH]n2)n1. The number of hydrogen-bond donors (Lipinski definition) is 2. The van der Waals surface area contributed by atoms with Crippen LogP contribution in [0.15, 0.2) is 6.07 Å². The molecule has 0 saturated carbocycles. The van der Waals surface area contributed by atoms with Crippen molar-refractivity contribution in [3.63, 3.8) is 0 Å². The number of carbonyl (C=O) groups is 1. The average molecular weight is 251 g/mol. The summed E-state index contributed by atoms with van der Waals surface area (Å²) >= 11 is 0. The minimum Gasteiger partial charge on any atom is -0.481 e. The number of ether oxygens (including phenoxy) is 2. The van der Waals surface area contributed by atoms with Crippen LogP contribution in [0.3, 0.4) is 0 Å². The van der Waals surface area contributed by atoms with E-state index in [9.17, 15) is 4.79 Å². The molecule has 0 fully saturated rings. The van der Waals surface area contributed by atoms with Crippen LogP contribution < -0.4 is 14.8 Å². The van der Waals surface area contributed by atoms with Gasteiger partial charge in [0, 0.05) is 0 Å². The van der Waals surface area contributed by atoms with Crippen molar-refractivity contribution in [3.8, 4) is 11.8 Å². The first-order valence-corrected chi connectivity index (χ1v) is 4.75. The predicted molar refractivity (Wildman–Crippen MR) is 57.3 cm³/mol. The molecule has 0 aliphatic heterocycles. The van der Waals surface area contributed by atoms with E-state index in [1.54, 1.807) is 0 Å². The summed E-state index contributed by atoms with van der Waals surface area (Å²) in [5.41, 5.74) is 0. The zero-order chi connectivity index (χ0) is 13.0. The molecule has 2 aromatic rings. The van der Waals surface area contributed by atoms with Crippen LogP contribution in [0.25, 0.3) is 0 Å². The number of hydrogen-bond acceptors (Lipinski definition) is 8. The normalized spacial score (nSPS) is 9.89. The van der Waals surface area contributed by atoms with Gasteiger partial charge in [-0.3, -0.25) is 10.1 Å². The summed E-state index contributed by atoms with van der Waals surface area (Å²) in [6, 6.07) is 1.48. The molecule has 0 saturated heterocycles. The monoisotopic (exact) mass is 251 g/mol. The molecule has 0 radical (unpaired) electrons. The summed E-state index contributed by atoms with van der Waals surface area (Å²) in [5, 5.41) is 14.9. The Bertz CT molecular complexity index is 519. The van der Waals surface area contributed by atoms with Crippen molar-refractivity contribution < 1.29 is 14.3 Å². The second kappa shape index (κ2) is 5.03. The highest BCUT2D eigenvalue weighted by molar-refractivity contribution is 6.00. The fourth-order valence-corrected chi connectivity index (χ4v) is 1.08. The van der Waals surface area contributed by atoms with Gasteiger partial charge >= 0.3 is 0 Å². The van der Waals surface area contributed by atoms with Crippen molar-refractivity contribution >= 4 is 11.9 Å². The molecular weight excluding hydrogens is 242 g/mol. The Morgan fingerprint density at radius 1 is 1.28 bits per heavy atom. The lowest BCUT2D eigenvalue weighted by atomic mass is 10.5. The third-order valence-corrected chi connectivity index (χ3v) is 1.87. The van der Waals surface area contributed by atoms with Gasteiger partial charge in [-0.15, -0.1) is 10.2 Å². The quantitative estimate of drug-likeness (QED) is 0.727. The Morgan fingerprint density at radius 3 is 2.44 bits per heavy atom. The van der Waals surface area contributed by atoms with Gasteiger partial charge in [-0.2, -0.15) is 15.2 Å². The largest absolute Gasteiger partial charge is 0.481 e. The van der Waals surface area contributed by atoms with E-state index in [0.717, 1.165) is 0 Å². The van der Waals surface area contributed by atoms with Gasteiger partial charge in [0.25, 0.3) is 11.7 Å². The van der Waals surface area contributed by atoms with Crippen LogP contribution in [0.1, 0.15) is 10.6 Å². The van der Waals surface area contributed by atoms with Crippen LogP contribution in [0.5, 0.6) is 11.8 Å². The molecule has 0 aromatic carbocycles. The van der Waals surface area contributed by atoms with Crippen molar-refractivity contribution in [1.29, 1.82) is 0 Å². The first-order chi connectivity index (χ1) is 8.72. The first-order valence-electron chi connectivity index (χ1n) is 4.75. The molecule has 10 heteroatoms. The Hall–Kier alpha value is -2.78. The Balaban J connectivity index is 2.20. The molecule has 0 aliphatic rings. The Morgan fingerprint density at radius 2 is 1.94 bits per heavy atom. The molecule has 2 heterocycles. The number of amides is 1. The van der Waals surface area contributed by atoms with E-state index >= 15 is 0 Å². The van der Waals surface area contributed by atoms with Gasteiger partial charge in [0.15, 0.2) is 0 Å². The number of aromatic amines is 1. The highest BCUT2D eigenvalue weighted by Crippen LogP contribution is 2.17. The number of tetrazole rings is 1. The molecule has 2 rings (SSSR count). The van der Waals surface area contributed by atoms with Gasteiger partial charge in [-0.05, 0) is 5.21 Å². The minimum atomic E-state index is -0.598. The Labute approximate surface area is 101 Å². The zero-order valence-electron chi connectivity index (χ0n) is 9.54. The molecule has 0 unspecified atom stereocenters. The Kier molecular flexibility index (Phi) is 3.27. The molecule has 0 aliphatic carbocycles. The van der Waals surface area contributed by atoms with Crippen molar-refractivity contribution in [3.05, 3.63) is 11.9 Å².